The number of benzene rings is 1. The van der Waals surface area contributed by atoms with E-state index in [0.29, 0.717) is 41.6 Å². The standard InChI is InChI=1S/C15H20BrNO3/c1-5-17(6-2)15(19)13-11(9-18)7-10(3)12(8-16)14(13)20-4/h7,9H,5-6,8H2,1-4H3. The van der Waals surface area contributed by atoms with Crippen molar-refractivity contribution < 1.29 is 14.3 Å². The highest BCUT2D eigenvalue weighted by atomic mass is 79.9. The average Bonchev–Trinajstić information content (AvgIpc) is 2.46. The Morgan fingerprint density at radius 1 is 1.40 bits per heavy atom. The number of hydrogen-bond acceptors (Lipinski definition) is 3. The number of halogens is 1. The summed E-state index contributed by atoms with van der Waals surface area (Å²) in [5.41, 5.74) is 2.55. The van der Waals surface area contributed by atoms with Crippen LogP contribution in [0.25, 0.3) is 0 Å². The quantitative estimate of drug-likeness (QED) is 0.589. The Bertz CT molecular complexity index is 510. The SMILES string of the molecule is CCN(CC)C(=O)c1c(C=O)cc(C)c(CBr)c1OC. The monoisotopic (exact) mass is 341 g/mol. The number of rotatable bonds is 6. The molecule has 0 aliphatic carbocycles. The number of carbonyl (C=O) groups is 2. The molecule has 0 saturated carbocycles. The Morgan fingerprint density at radius 3 is 2.40 bits per heavy atom. The predicted octanol–water partition coefficient (Wildman–Crippen LogP) is 3.19. The molecular formula is C15H20BrNO3. The van der Waals surface area contributed by atoms with Gasteiger partial charge in [0.05, 0.1) is 12.7 Å². The van der Waals surface area contributed by atoms with Crippen LogP contribution in [0.1, 0.15) is 45.7 Å². The summed E-state index contributed by atoms with van der Waals surface area (Å²) in [5, 5.41) is 0.569. The van der Waals surface area contributed by atoms with Gasteiger partial charge in [0.25, 0.3) is 5.91 Å². The van der Waals surface area contributed by atoms with Gasteiger partial charge in [-0.2, -0.15) is 0 Å². The molecule has 0 radical (unpaired) electrons. The lowest BCUT2D eigenvalue weighted by Crippen LogP contribution is -2.31. The van der Waals surface area contributed by atoms with E-state index in [1.54, 1.807) is 11.0 Å². The molecule has 1 amide bonds. The van der Waals surface area contributed by atoms with Crippen LogP contribution in [-0.4, -0.2) is 37.3 Å². The van der Waals surface area contributed by atoms with E-state index in [9.17, 15) is 9.59 Å². The van der Waals surface area contributed by atoms with Gasteiger partial charge in [-0.25, -0.2) is 0 Å². The summed E-state index contributed by atoms with van der Waals surface area (Å²) in [4.78, 5) is 25.6. The maximum Gasteiger partial charge on any atom is 0.258 e. The normalized spacial score (nSPS) is 10.2. The first-order valence-corrected chi connectivity index (χ1v) is 7.68. The van der Waals surface area contributed by atoms with Crippen LogP contribution in [0.4, 0.5) is 0 Å². The largest absolute Gasteiger partial charge is 0.496 e. The molecule has 0 heterocycles. The Morgan fingerprint density at radius 2 is 2.00 bits per heavy atom. The molecule has 0 aliphatic heterocycles. The number of carbonyl (C=O) groups excluding carboxylic acids is 2. The van der Waals surface area contributed by atoms with E-state index < -0.39 is 0 Å². The maximum absolute atomic E-state index is 12.6. The molecule has 4 nitrogen and oxygen atoms in total. The minimum atomic E-state index is -0.170. The molecule has 0 atom stereocenters. The first-order chi connectivity index (χ1) is 9.55. The summed E-state index contributed by atoms with van der Waals surface area (Å²) in [6.45, 7) is 6.91. The van der Waals surface area contributed by atoms with Crippen molar-refractivity contribution in [2.75, 3.05) is 20.2 Å². The van der Waals surface area contributed by atoms with E-state index in [1.165, 1.54) is 7.11 Å². The Balaban J connectivity index is 3.57. The molecule has 1 aromatic carbocycles. The van der Waals surface area contributed by atoms with Crippen molar-refractivity contribution >= 4 is 28.1 Å². The molecule has 0 aliphatic rings. The second-order valence-electron chi connectivity index (χ2n) is 4.40. The van der Waals surface area contributed by atoms with E-state index in [4.69, 9.17) is 4.74 Å². The zero-order valence-corrected chi connectivity index (χ0v) is 13.9. The fourth-order valence-electron chi connectivity index (χ4n) is 2.23. The van der Waals surface area contributed by atoms with Crippen molar-refractivity contribution in [3.8, 4) is 5.75 Å². The summed E-state index contributed by atoms with van der Waals surface area (Å²) in [5.74, 6) is 0.317. The molecule has 1 rings (SSSR count). The highest BCUT2D eigenvalue weighted by Gasteiger charge is 2.24. The molecule has 1 aromatic rings. The topological polar surface area (TPSA) is 46.6 Å². The summed E-state index contributed by atoms with van der Waals surface area (Å²) < 4.78 is 5.41. The van der Waals surface area contributed by atoms with Crippen LogP contribution in [0.5, 0.6) is 5.75 Å². The summed E-state index contributed by atoms with van der Waals surface area (Å²) in [6, 6.07) is 1.74. The van der Waals surface area contributed by atoms with Gasteiger partial charge in [-0.3, -0.25) is 9.59 Å². The Labute approximate surface area is 128 Å². The van der Waals surface area contributed by atoms with Gasteiger partial charge in [-0.05, 0) is 32.4 Å². The van der Waals surface area contributed by atoms with Crippen molar-refractivity contribution in [1.82, 2.24) is 4.90 Å². The number of aryl methyl sites for hydroxylation is 1. The number of hydrogen-bond donors (Lipinski definition) is 0. The minimum Gasteiger partial charge on any atom is -0.496 e. The Hall–Kier alpha value is -1.36. The molecular weight excluding hydrogens is 322 g/mol. The van der Waals surface area contributed by atoms with Gasteiger partial charge >= 0.3 is 0 Å². The van der Waals surface area contributed by atoms with Crippen LogP contribution in [0, 0.1) is 6.92 Å². The Kier molecular flexibility index (Phi) is 6.20. The molecule has 110 valence electrons. The summed E-state index contributed by atoms with van der Waals surface area (Å²) >= 11 is 3.41. The molecule has 0 aromatic heterocycles. The van der Waals surface area contributed by atoms with E-state index in [0.717, 1.165) is 11.1 Å². The molecule has 0 fully saturated rings. The predicted molar refractivity (Wildman–Crippen MR) is 83.0 cm³/mol. The zero-order chi connectivity index (χ0) is 15.3. The smallest absolute Gasteiger partial charge is 0.258 e. The van der Waals surface area contributed by atoms with Crippen molar-refractivity contribution in [2.45, 2.75) is 26.1 Å². The second-order valence-corrected chi connectivity index (χ2v) is 4.96. The van der Waals surface area contributed by atoms with E-state index >= 15 is 0 Å². The van der Waals surface area contributed by atoms with Crippen LogP contribution in [0.2, 0.25) is 0 Å². The fourth-order valence-corrected chi connectivity index (χ4v) is 2.92. The third kappa shape index (κ3) is 3.03. The van der Waals surface area contributed by atoms with Gasteiger partial charge in [0.2, 0.25) is 0 Å². The molecule has 0 N–H and O–H groups in total. The van der Waals surface area contributed by atoms with Gasteiger partial charge in [0, 0.05) is 29.5 Å². The number of nitrogens with zero attached hydrogens (tertiary/aromatic N) is 1. The number of ether oxygens (including phenoxy) is 1. The average molecular weight is 342 g/mol. The van der Waals surface area contributed by atoms with E-state index in [-0.39, 0.29) is 5.91 Å². The van der Waals surface area contributed by atoms with Crippen LogP contribution in [-0.2, 0) is 5.33 Å². The van der Waals surface area contributed by atoms with Crippen molar-refractivity contribution in [2.24, 2.45) is 0 Å². The lowest BCUT2D eigenvalue weighted by Gasteiger charge is -2.23. The highest BCUT2D eigenvalue weighted by molar-refractivity contribution is 9.08. The number of aldehydes is 1. The third-order valence-corrected chi connectivity index (χ3v) is 3.93. The van der Waals surface area contributed by atoms with Crippen molar-refractivity contribution in [3.63, 3.8) is 0 Å². The first-order valence-electron chi connectivity index (χ1n) is 6.56. The zero-order valence-electron chi connectivity index (χ0n) is 12.3. The first kappa shape index (κ1) is 16.7. The molecule has 0 unspecified atom stereocenters. The van der Waals surface area contributed by atoms with Gasteiger partial charge in [-0.1, -0.05) is 15.9 Å². The summed E-state index contributed by atoms with van der Waals surface area (Å²) in [7, 11) is 1.52. The van der Waals surface area contributed by atoms with Crippen LogP contribution in [0.15, 0.2) is 6.07 Å². The highest BCUT2D eigenvalue weighted by Crippen LogP contribution is 2.32. The van der Waals surface area contributed by atoms with Gasteiger partial charge < -0.3 is 9.64 Å². The molecule has 0 bridgehead atoms. The van der Waals surface area contributed by atoms with Crippen LogP contribution in [0.3, 0.4) is 0 Å². The van der Waals surface area contributed by atoms with E-state index in [2.05, 4.69) is 15.9 Å². The van der Waals surface area contributed by atoms with Gasteiger partial charge in [0.15, 0.2) is 6.29 Å². The molecule has 5 heteroatoms. The van der Waals surface area contributed by atoms with E-state index in [1.807, 2.05) is 20.8 Å². The number of alkyl halides is 1. The summed E-state index contributed by atoms with van der Waals surface area (Å²) in [6.07, 6.45) is 0.713. The molecule has 0 spiro atoms. The van der Waals surface area contributed by atoms with Crippen LogP contribution >= 0.6 is 15.9 Å². The molecule has 0 saturated heterocycles. The molecule has 20 heavy (non-hydrogen) atoms. The van der Waals surface area contributed by atoms with Crippen molar-refractivity contribution in [3.05, 3.63) is 28.3 Å². The lowest BCUT2D eigenvalue weighted by atomic mass is 9.97. The van der Waals surface area contributed by atoms with Gasteiger partial charge in [-0.15, -0.1) is 0 Å². The second kappa shape index (κ2) is 7.43. The van der Waals surface area contributed by atoms with Crippen molar-refractivity contribution in [1.29, 1.82) is 0 Å². The lowest BCUT2D eigenvalue weighted by molar-refractivity contribution is 0.0766. The third-order valence-electron chi connectivity index (χ3n) is 3.37. The number of amides is 1. The van der Waals surface area contributed by atoms with Gasteiger partial charge in [0.1, 0.15) is 5.75 Å². The maximum atomic E-state index is 12.6. The van der Waals surface area contributed by atoms with Crippen LogP contribution < -0.4 is 4.74 Å². The fraction of sp³-hybridized carbons (Fsp3) is 0.467. The minimum absolute atomic E-state index is 0.170. The number of methoxy groups -OCH3 is 1.